The van der Waals surface area contributed by atoms with E-state index in [4.69, 9.17) is 0 Å². The minimum atomic E-state index is -0.305. The van der Waals surface area contributed by atoms with Gasteiger partial charge in [-0.25, -0.2) is 0 Å². The van der Waals surface area contributed by atoms with Gasteiger partial charge in [0.05, 0.1) is 17.1 Å². The molecule has 7 heteroatoms. The summed E-state index contributed by atoms with van der Waals surface area (Å²) in [5, 5.41) is 2.10. The van der Waals surface area contributed by atoms with Crippen LogP contribution in [-0.4, -0.2) is 26.8 Å². The van der Waals surface area contributed by atoms with Crippen molar-refractivity contribution in [2.75, 3.05) is 9.80 Å². The maximum atomic E-state index is 15.7. The van der Waals surface area contributed by atoms with Crippen LogP contribution in [-0.2, 0) is 0 Å². The van der Waals surface area contributed by atoms with Gasteiger partial charge in [-0.05, 0) is 136 Å². The molecule has 8 aromatic carbocycles. The molecular formula is C63H43N5O2. The lowest BCUT2D eigenvalue weighted by Gasteiger charge is -2.26. The molecule has 0 radical (unpaired) electrons. The quantitative estimate of drug-likeness (QED) is 0.129. The van der Waals surface area contributed by atoms with Crippen molar-refractivity contribution in [3.63, 3.8) is 0 Å². The lowest BCUT2D eigenvalue weighted by atomic mass is 9.88. The van der Waals surface area contributed by atoms with E-state index in [-0.39, 0.29) is 11.8 Å². The Morgan fingerprint density at radius 2 is 0.700 bits per heavy atom. The number of nitrogens with zero attached hydrogens (tertiary/aromatic N) is 5. The third kappa shape index (κ3) is 8.74. The number of aromatic nitrogens is 3. The zero-order valence-electron chi connectivity index (χ0n) is 37.9. The Kier molecular flexibility index (Phi) is 11.9. The summed E-state index contributed by atoms with van der Waals surface area (Å²) in [7, 11) is 0. The molecule has 70 heavy (non-hydrogen) atoms. The monoisotopic (exact) mass is 901 g/mol. The van der Waals surface area contributed by atoms with Gasteiger partial charge in [0.1, 0.15) is 0 Å². The molecule has 7 nitrogen and oxygen atoms in total. The zero-order chi connectivity index (χ0) is 47.2. The fourth-order valence-corrected chi connectivity index (χ4v) is 9.00. The normalized spacial score (nSPS) is 11.0. The fraction of sp³-hybridized carbons (Fsp3) is 0. The van der Waals surface area contributed by atoms with Gasteiger partial charge in [-0.2, -0.15) is 0 Å². The van der Waals surface area contributed by atoms with E-state index in [0.717, 1.165) is 61.2 Å². The van der Waals surface area contributed by atoms with Crippen LogP contribution in [0.3, 0.4) is 0 Å². The molecule has 2 amide bonds. The molecule has 0 aliphatic heterocycles. The Bertz CT molecular complexity index is 3440. The molecule has 3 aromatic heterocycles. The molecule has 0 saturated heterocycles. The third-order valence-electron chi connectivity index (χ3n) is 12.4. The van der Waals surface area contributed by atoms with Crippen LogP contribution in [0.25, 0.3) is 66.8 Å². The number of pyridine rings is 3. The Hall–Kier alpha value is -9.59. The standard InChI is InChI=1S/C63H43N5O2/c69-62(67(52-16-3-1-4-17-52)54-33-28-46(29-34-54)59-22-10-13-39-65-59)50-41-49(57-37-32-44-15-7-8-20-56(44)61(57)48-26-24-45(25-27-48)58-21-9-12-38-64-58)42-51(43-50)63(70)68(53-18-5-2-6-19-53)55-35-30-47(31-36-55)60-23-11-14-40-66-60/h1-43H. The Balaban J connectivity index is 1.10. The number of fused-ring (bicyclic) bond motifs is 1. The predicted octanol–water partition coefficient (Wildman–Crippen LogP) is 15.3. The number of carbonyl (C=O) groups excluding carboxylic acids is 2. The number of para-hydroxylation sites is 2. The minimum Gasteiger partial charge on any atom is -0.277 e. The van der Waals surface area contributed by atoms with Crippen molar-refractivity contribution in [2.45, 2.75) is 0 Å². The van der Waals surface area contributed by atoms with Gasteiger partial charge in [0.15, 0.2) is 0 Å². The van der Waals surface area contributed by atoms with Gasteiger partial charge in [-0.3, -0.25) is 34.3 Å². The van der Waals surface area contributed by atoms with Crippen LogP contribution in [0.2, 0.25) is 0 Å². The van der Waals surface area contributed by atoms with Gasteiger partial charge >= 0.3 is 0 Å². The summed E-state index contributed by atoms with van der Waals surface area (Å²) in [5.74, 6) is -0.610. The number of rotatable bonds is 11. The van der Waals surface area contributed by atoms with Gasteiger partial charge in [0.25, 0.3) is 11.8 Å². The Morgan fingerprint density at radius 3 is 1.14 bits per heavy atom. The Labute approximate surface area is 406 Å². The molecule has 0 fully saturated rings. The second kappa shape index (κ2) is 19.3. The highest BCUT2D eigenvalue weighted by Crippen LogP contribution is 2.41. The van der Waals surface area contributed by atoms with Crippen molar-refractivity contribution >= 4 is 45.3 Å². The second-order valence-corrected chi connectivity index (χ2v) is 16.8. The van der Waals surface area contributed by atoms with Crippen LogP contribution in [0.4, 0.5) is 22.7 Å². The SMILES string of the molecule is O=C(c1cc(C(=O)N(c2ccccc2)c2ccc(-c3ccccn3)cc2)cc(-c2ccc3ccccc3c2-c2ccc(-c3ccccn3)cc2)c1)N(c1ccccc1)c1ccc(-c2ccccn2)cc1. The van der Waals surface area contributed by atoms with E-state index in [1.165, 1.54) is 0 Å². The van der Waals surface area contributed by atoms with Crippen LogP contribution in [0.1, 0.15) is 20.7 Å². The maximum absolute atomic E-state index is 15.7. The molecule has 0 spiro atoms. The van der Waals surface area contributed by atoms with E-state index in [9.17, 15) is 0 Å². The summed E-state index contributed by atoms with van der Waals surface area (Å²) in [6.07, 6.45) is 5.33. The number of anilines is 4. The summed E-state index contributed by atoms with van der Waals surface area (Å²) < 4.78 is 0. The number of hydrogen-bond acceptors (Lipinski definition) is 5. The average Bonchev–Trinajstić information content (AvgIpc) is 3.44. The molecule has 0 aliphatic rings. The molecule has 0 unspecified atom stereocenters. The highest BCUT2D eigenvalue weighted by molar-refractivity contribution is 6.16. The number of hydrogen-bond donors (Lipinski definition) is 0. The van der Waals surface area contributed by atoms with E-state index in [1.54, 1.807) is 34.5 Å². The first-order chi connectivity index (χ1) is 34.6. The van der Waals surface area contributed by atoms with Crippen LogP contribution in [0, 0.1) is 0 Å². The van der Waals surface area contributed by atoms with E-state index >= 15 is 9.59 Å². The lowest BCUT2D eigenvalue weighted by molar-refractivity contribution is 0.0998. The number of amides is 2. The van der Waals surface area contributed by atoms with Gasteiger partial charge in [-0.1, -0.05) is 140 Å². The van der Waals surface area contributed by atoms with Crippen molar-refractivity contribution in [2.24, 2.45) is 0 Å². The van der Waals surface area contributed by atoms with Crippen molar-refractivity contribution in [3.05, 3.63) is 272 Å². The molecule has 3 heterocycles. The van der Waals surface area contributed by atoms with Crippen molar-refractivity contribution in [1.82, 2.24) is 15.0 Å². The summed E-state index contributed by atoms with van der Waals surface area (Å²) in [6, 6.07) is 78.8. The molecule has 332 valence electrons. The highest BCUT2D eigenvalue weighted by Gasteiger charge is 2.27. The van der Waals surface area contributed by atoms with E-state index in [0.29, 0.717) is 39.4 Å². The number of benzene rings is 8. The topological polar surface area (TPSA) is 79.3 Å². The molecule has 0 aliphatic carbocycles. The first-order valence-corrected chi connectivity index (χ1v) is 23.1. The summed E-state index contributed by atoms with van der Waals surface area (Å²) in [5.41, 5.74) is 12.2. The Morgan fingerprint density at radius 1 is 0.314 bits per heavy atom. The molecule has 0 atom stereocenters. The first-order valence-electron chi connectivity index (χ1n) is 23.1. The van der Waals surface area contributed by atoms with Crippen LogP contribution >= 0.6 is 0 Å². The fourth-order valence-electron chi connectivity index (χ4n) is 9.00. The summed E-state index contributed by atoms with van der Waals surface area (Å²) in [4.78, 5) is 48.4. The minimum absolute atomic E-state index is 0.305. The van der Waals surface area contributed by atoms with Crippen LogP contribution in [0.5, 0.6) is 0 Å². The second-order valence-electron chi connectivity index (χ2n) is 16.8. The molecule has 11 aromatic rings. The molecular weight excluding hydrogens is 859 g/mol. The third-order valence-corrected chi connectivity index (χ3v) is 12.4. The average molecular weight is 902 g/mol. The summed E-state index contributed by atoms with van der Waals surface area (Å²) in [6.45, 7) is 0. The lowest BCUT2D eigenvalue weighted by Crippen LogP contribution is -2.28. The predicted molar refractivity (Wildman–Crippen MR) is 283 cm³/mol. The van der Waals surface area contributed by atoms with Gasteiger partial charge in [0, 0.05) is 69.2 Å². The molecule has 11 rings (SSSR count). The van der Waals surface area contributed by atoms with Crippen molar-refractivity contribution in [3.8, 4) is 56.0 Å². The van der Waals surface area contributed by atoms with E-state index < -0.39 is 0 Å². The molecule has 0 bridgehead atoms. The van der Waals surface area contributed by atoms with E-state index in [1.807, 2.05) is 188 Å². The maximum Gasteiger partial charge on any atom is 0.262 e. The highest BCUT2D eigenvalue weighted by atomic mass is 16.2. The number of carbonyl (C=O) groups is 2. The van der Waals surface area contributed by atoms with Crippen molar-refractivity contribution < 1.29 is 9.59 Å². The summed E-state index contributed by atoms with van der Waals surface area (Å²) >= 11 is 0. The molecule has 0 N–H and O–H groups in total. The first kappa shape index (κ1) is 43.0. The largest absolute Gasteiger partial charge is 0.277 e. The van der Waals surface area contributed by atoms with Gasteiger partial charge in [0.2, 0.25) is 0 Å². The van der Waals surface area contributed by atoms with Gasteiger partial charge in [-0.15, -0.1) is 0 Å². The van der Waals surface area contributed by atoms with Gasteiger partial charge < -0.3 is 0 Å². The zero-order valence-corrected chi connectivity index (χ0v) is 37.9. The van der Waals surface area contributed by atoms with Crippen molar-refractivity contribution in [1.29, 1.82) is 0 Å². The van der Waals surface area contributed by atoms with Crippen LogP contribution in [0.15, 0.2) is 261 Å². The van der Waals surface area contributed by atoms with E-state index in [2.05, 4.69) is 63.5 Å². The molecule has 0 saturated carbocycles. The smallest absolute Gasteiger partial charge is 0.262 e. The van der Waals surface area contributed by atoms with Crippen LogP contribution < -0.4 is 9.80 Å².